The number of carbonyl (C=O) groups is 1. The summed E-state index contributed by atoms with van der Waals surface area (Å²) in [6.07, 6.45) is 0. The third-order valence-electron chi connectivity index (χ3n) is 3.19. The third kappa shape index (κ3) is 4.81. The molecule has 122 valence electrons. The number of methoxy groups -OCH3 is 1. The average Bonchev–Trinajstić information content (AvgIpc) is 2.47. The Balaban J connectivity index is 2.38. The van der Waals surface area contributed by atoms with Gasteiger partial charge in [0.15, 0.2) is 0 Å². The molecule has 0 unspecified atom stereocenters. The van der Waals surface area contributed by atoms with E-state index in [1.54, 1.807) is 13.2 Å². The predicted molar refractivity (Wildman–Crippen MR) is 92.8 cm³/mol. The van der Waals surface area contributed by atoms with Gasteiger partial charge in [0, 0.05) is 12.1 Å². The highest BCUT2D eigenvalue weighted by atomic mass is 35.5. The maximum atomic E-state index is 12.2. The molecule has 0 aromatic heterocycles. The topological polar surface area (TPSA) is 35.5 Å². The van der Waals surface area contributed by atoms with Gasteiger partial charge in [0.05, 0.1) is 12.2 Å². The maximum absolute atomic E-state index is 12.2. The molecule has 0 atom stereocenters. The van der Waals surface area contributed by atoms with Crippen LogP contribution in [0.25, 0.3) is 11.1 Å². The smallest absolute Gasteiger partial charge is 0.338 e. The first-order valence-corrected chi connectivity index (χ1v) is 7.79. The summed E-state index contributed by atoms with van der Waals surface area (Å²) in [4.78, 5) is 12.2. The molecule has 23 heavy (non-hydrogen) atoms. The Morgan fingerprint density at radius 2 is 1.74 bits per heavy atom. The zero-order valence-corrected chi connectivity index (χ0v) is 14.6. The molecule has 2 aromatic rings. The second kappa shape index (κ2) is 7.16. The molecule has 2 aromatic carbocycles. The van der Waals surface area contributed by atoms with Crippen molar-refractivity contribution in [2.75, 3.05) is 7.11 Å². The lowest BCUT2D eigenvalue weighted by atomic mass is 9.98. The van der Waals surface area contributed by atoms with E-state index >= 15 is 0 Å². The Morgan fingerprint density at radius 1 is 1.09 bits per heavy atom. The molecule has 0 aliphatic heterocycles. The van der Waals surface area contributed by atoms with E-state index in [-0.39, 0.29) is 5.97 Å². The second-order valence-corrected chi connectivity index (χ2v) is 6.75. The number of hydrogen-bond donors (Lipinski definition) is 0. The molecular weight excluding hydrogens is 312 g/mol. The molecule has 4 heteroatoms. The lowest BCUT2D eigenvalue weighted by Gasteiger charge is -2.20. The highest BCUT2D eigenvalue weighted by molar-refractivity contribution is 6.30. The zero-order valence-electron chi connectivity index (χ0n) is 13.9. The molecule has 0 amide bonds. The summed E-state index contributed by atoms with van der Waals surface area (Å²) in [6, 6.07) is 13.1. The molecule has 0 saturated carbocycles. The van der Waals surface area contributed by atoms with Crippen LogP contribution in [0.3, 0.4) is 0 Å². The van der Waals surface area contributed by atoms with Crippen LogP contribution < -0.4 is 0 Å². The number of hydrogen-bond acceptors (Lipinski definition) is 3. The van der Waals surface area contributed by atoms with Crippen LogP contribution in [-0.2, 0) is 16.1 Å². The molecule has 0 aliphatic rings. The van der Waals surface area contributed by atoms with Gasteiger partial charge in [-0.1, -0.05) is 29.8 Å². The number of rotatable bonds is 4. The molecule has 0 bridgehead atoms. The lowest BCUT2D eigenvalue weighted by Crippen LogP contribution is -2.24. The molecule has 0 saturated heterocycles. The van der Waals surface area contributed by atoms with E-state index in [4.69, 9.17) is 21.1 Å². The van der Waals surface area contributed by atoms with Gasteiger partial charge in [-0.2, -0.15) is 0 Å². The molecule has 0 radical (unpaired) electrons. The third-order valence-corrected chi connectivity index (χ3v) is 3.45. The molecule has 3 nitrogen and oxygen atoms in total. The highest BCUT2D eigenvalue weighted by Gasteiger charge is 2.19. The van der Waals surface area contributed by atoms with Crippen molar-refractivity contribution < 1.29 is 14.3 Å². The van der Waals surface area contributed by atoms with Crippen LogP contribution in [0.5, 0.6) is 0 Å². The van der Waals surface area contributed by atoms with Crippen LogP contribution in [0.1, 0.15) is 36.7 Å². The first kappa shape index (κ1) is 17.5. The number of benzene rings is 2. The van der Waals surface area contributed by atoms with E-state index in [0.29, 0.717) is 17.2 Å². The molecule has 0 fully saturated rings. The van der Waals surface area contributed by atoms with Crippen molar-refractivity contribution in [3.05, 3.63) is 58.6 Å². The van der Waals surface area contributed by atoms with Crippen LogP contribution in [0.4, 0.5) is 0 Å². The largest absolute Gasteiger partial charge is 0.456 e. The van der Waals surface area contributed by atoms with Crippen LogP contribution in [0.2, 0.25) is 5.02 Å². The minimum absolute atomic E-state index is 0.336. The summed E-state index contributed by atoms with van der Waals surface area (Å²) < 4.78 is 10.7. The summed E-state index contributed by atoms with van der Waals surface area (Å²) in [5, 5.41) is 0.687. The van der Waals surface area contributed by atoms with Gasteiger partial charge in [0.1, 0.15) is 5.60 Å². The predicted octanol–water partition coefficient (Wildman–Crippen LogP) is 5.11. The van der Waals surface area contributed by atoms with Gasteiger partial charge in [0.2, 0.25) is 0 Å². The Labute approximate surface area is 142 Å². The van der Waals surface area contributed by atoms with E-state index in [1.165, 1.54) is 0 Å². The van der Waals surface area contributed by atoms with Gasteiger partial charge in [-0.3, -0.25) is 0 Å². The summed E-state index contributed by atoms with van der Waals surface area (Å²) in [6.45, 7) is 5.96. The van der Waals surface area contributed by atoms with Crippen LogP contribution in [0, 0.1) is 0 Å². The second-order valence-electron chi connectivity index (χ2n) is 6.31. The summed E-state index contributed by atoms with van der Waals surface area (Å²) in [7, 11) is 1.63. The zero-order chi connectivity index (χ0) is 17.0. The van der Waals surface area contributed by atoms with E-state index < -0.39 is 5.60 Å². The van der Waals surface area contributed by atoms with Gasteiger partial charge in [-0.15, -0.1) is 0 Å². The minimum atomic E-state index is -0.520. The number of carbonyl (C=O) groups excluding carboxylic acids is 1. The maximum Gasteiger partial charge on any atom is 0.338 e. The van der Waals surface area contributed by atoms with E-state index in [0.717, 1.165) is 16.7 Å². The van der Waals surface area contributed by atoms with Crippen LogP contribution in [0.15, 0.2) is 42.5 Å². The fourth-order valence-corrected chi connectivity index (χ4v) is 2.37. The van der Waals surface area contributed by atoms with Gasteiger partial charge >= 0.3 is 5.97 Å². The van der Waals surface area contributed by atoms with Gasteiger partial charge in [-0.05, 0) is 61.7 Å². The average molecular weight is 333 g/mol. The fourth-order valence-electron chi connectivity index (χ4n) is 2.24. The molecule has 0 aliphatic carbocycles. The molecule has 2 rings (SSSR count). The van der Waals surface area contributed by atoms with Crippen molar-refractivity contribution in [2.45, 2.75) is 33.0 Å². The van der Waals surface area contributed by atoms with Gasteiger partial charge < -0.3 is 9.47 Å². The van der Waals surface area contributed by atoms with E-state index in [1.807, 2.05) is 57.2 Å². The summed E-state index contributed by atoms with van der Waals surface area (Å²) in [5.41, 5.74) is 2.96. The number of esters is 1. The quantitative estimate of drug-likeness (QED) is 0.730. The van der Waals surface area contributed by atoms with Crippen LogP contribution >= 0.6 is 11.6 Å². The number of halogens is 1. The fraction of sp³-hybridized carbons (Fsp3) is 0.316. The standard InChI is InChI=1S/C19H21ClO3/c1-19(2,3)23-18(21)14-7-10-17(15(11-14)12-22-4)13-5-8-16(20)9-6-13/h5-11H,12H2,1-4H3. The molecule has 0 heterocycles. The Morgan fingerprint density at radius 3 is 2.30 bits per heavy atom. The lowest BCUT2D eigenvalue weighted by molar-refractivity contribution is 0.00693. The van der Waals surface area contributed by atoms with Crippen molar-refractivity contribution >= 4 is 17.6 Å². The minimum Gasteiger partial charge on any atom is -0.456 e. The first-order valence-electron chi connectivity index (χ1n) is 7.41. The summed E-state index contributed by atoms with van der Waals surface area (Å²) in [5.74, 6) is -0.336. The summed E-state index contributed by atoms with van der Waals surface area (Å²) >= 11 is 5.94. The van der Waals surface area contributed by atoms with Crippen molar-refractivity contribution in [1.82, 2.24) is 0 Å². The first-order chi connectivity index (χ1) is 10.8. The van der Waals surface area contributed by atoms with Crippen molar-refractivity contribution in [1.29, 1.82) is 0 Å². The van der Waals surface area contributed by atoms with Crippen LogP contribution in [-0.4, -0.2) is 18.7 Å². The monoisotopic (exact) mass is 332 g/mol. The Kier molecular flexibility index (Phi) is 5.45. The van der Waals surface area contributed by atoms with Crippen molar-refractivity contribution in [3.63, 3.8) is 0 Å². The Bertz CT molecular complexity index is 685. The van der Waals surface area contributed by atoms with Crippen molar-refractivity contribution in [2.24, 2.45) is 0 Å². The molecule has 0 N–H and O–H groups in total. The molecule has 0 spiro atoms. The van der Waals surface area contributed by atoms with Crippen molar-refractivity contribution in [3.8, 4) is 11.1 Å². The molecular formula is C19H21ClO3. The van der Waals surface area contributed by atoms with E-state index in [9.17, 15) is 4.79 Å². The van der Waals surface area contributed by atoms with Gasteiger partial charge in [-0.25, -0.2) is 4.79 Å². The number of ether oxygens (including phenoxy) is 2. The normalized spacial score (nSPS) is 11.3. The van der Waals surface area contributed by atoms with Gasteiger partial charge in [0.25, 0.3) is 0 Å². The highest BCUT2D eigenvalue weighted by Crippen LogP contribution is 2.27. The van der Waals surface area contributed by atoms with E-state index in [2.05, 4.69) is 0 Å². The Hall–Kier alpha value is -1.84. The SMILES string of the molecule is COCc1cc(C(=O)OC(C)(C)C)ccc1-c1ccc(Cl)cc1.